The van der Waals surface area contributed by atoms with Crippen molar-refractivity contribution >= 4 is 17.6 Å². The number of hydrogen-bond donors (Lipinski definition) is 1. The molecule has 0 aliphatic heterocycles. The second-order valence-electron chi connectivity index (χ2n) is 7.82. The summed E-state index contributed by atoms with van der Waals surface area (Å²) in [5.41, 5.74) is 3.89. The van der Waals surface area contributed by atoms with Crippen LogP contribution in [0.1, 0.15) is 45.2 Å². The number of phenolic OH excluding ortho intramolecular Hbond substituents is 1. The van der Waals surface area contributed by atoms with Crippen LogP contribution in [0.25, 0.3) is 11.1 Å². The van der Waals surface area contributed by atoms with Crippen LogP contribution in [0.2, 0.25) is 5.02 Å². The Morgan fingerprint density at radius 1 is 1.19 bits per heavy atom. The number of hydrogen-bond acceptors (Lipinski definition) is 3. The van der Waals surface area contributed by atoms with Crippen molar-refractivity contribution in [1.29, 1.82) is 0 Å². The van der Waals surface area contributed by atoms with Crippen molar-refractivity contribution in [2.24, 2.45) is 0 Å². The number of aryl methyl sites for hydroxylation is 1. The van der Waals surface area contributed by atoms with Crippen LogP contribution in [-0.2, 0) is 21.4 Å². The maximum atomic E-state index is 11.5. The second kappa shape index (κ2) is 8.62. The van der Waals surface area contributed by atoms with Gasteiger partial charge in [0.1, 0.15) is 5.75 Å². The molecule has 27 heavy (non-hydrogen) atoms. The summed E-state index contributed by atoms with van der Waals surface area (Å²) in [7, 11) is 0. The topological polar surface area (TPSA) is 46.5 Å². The Kier molecular flexibility index (Phi) is 6.72. The zero-order valence-electron chi connectivity index (χ0n) is 16.4. The van der Waals surface area contributed by atoms with Crippen LogP contribution in [0.3, 0.4) is 0 Å². The predicted molar refractivity (Wildman–Crippen MR) is 111 cm³/mol. The lowest BCUT2D eigenvalue weighted by Gasteiger charge is -2.23. The minimum atomic E-state index is -0.363. The molecule has 0 heterocycles. The lowest BCUT2D eigenvalue weighted by Crippen LogP contribution is -2.13. The molecule has 0 saturated carbocycles. The third-order valence-corrected chi connectivity index (χ3v) is 4.58. The fourth-order valence-corrected chi connectivity index (χ4v) is 2.95. The van der Waals surface area contributed by atoms with Gasteiger partial charge in [-0.2, -0.15) is 0 Å². The quantitative estimate of drug-likeness (QED) is 0.372. The van der Waals surface area contributed by atoms with Crippen LogP contribution >= 0.6 is 11.6 Å². The molecule has 4 heteroatoms. The molecule has 2 rings (SSSR count). The molecule has 0 aliphatic rings. The van der Waals surface area contributed by atoms with E-state index < -0.39 is 0 Å². The van der Waals surface area contributed by atoms with E-state index in [9.17, 15) is 9.90 Å². The zero-order chi connectivity index (χ0) is 20.2. The monoisotopic (exact) mass is 386 g/mol. The number of carbonyl (C=O) groups is 1. The number of phenols is 1. The molecule has 0 fully saturated rings. The van der Waals surface area contributed by atoms with E-state index in [0.29, 0.717) is 29.4 Å². The summed E-state index contributed by atoms with van der Waals surface area (Å²) in [5, 5.41) is 11.5. The molecule has 0 aromatic heterocycles. The Morgan fingerprint density at radius 3 is 2.37 bits per heavy atom. The first-order chi connectivity index (χ1) is 12.6. The minimum Gasteiger partial charge on any atom is -0.507 e. The highest BCUT2D eigenvalue weighted by Gasteiger charge is 2.22. The van der Waals surface area contributed by atoms with Crippen LogP contribution in [0, 0.1) is 0 Å². The van der Waals surface area contributed by atoms with Crippen molar-refractivity contribution < 1.29 is 14.6 Å². The first kappa shape index (κ1) is 21.0. The van der Waals surface area contributed by atoms with Crippen LogP contribution in [0.5, 0.6) is 5.75 Å². The number of rotatable bonds is 6. The highest BCUT2D eigenvalue weighted by Crippen LogP contribution is 2.40. The minimum absolute atomic E-state index is 0.201. The van der Waals surface area contributed by atoms with Crippen molar-refractivity contribution in [2.75, 3.05) is 6.61 Å². The summed E-state index contributed by atoms with van der Waals surface area (Å²) < 4.78 is 5.17. The molecular formula is C23H27ClO3. The fraction of sp³-hybridized carbons (Fsp3) is 0.348. The van der Waals surface area contributed by atoms with Gasteiger partial charge in [0.2, 0.25) is 0 Å². The Balaban J connectivity index is 2.29. The molecule has 0 amide bonds. The zero-order valence-corrected chi connectivity index (χ0v) is 17.2. The van der Waals surface area contributed by atoms with Crippen LogP contribution in [-0.4, -0.2) is 17.7 Å². The summed E-state index contributed by atoms with van der Waals surface area (Å²) >= 11 is 6.00. The van der Waals surface area contributed by atoms with Gasteiger partial charge in [-0.3, -0.25) is 0 Å². The van der Waals surface area contributed by atoms with Gasteiger partial charge in [-0.1, -0.05) is 57.2 Å². The van der Waals surface area contributed by atoms with E-state index >= 15 is 0 Å². The van der Waals surface area contributed by atoms with E-state index in [0.717, 1.165) is 28.7 Å². The molecule has 0 unspecified atom stereocenters. The SMILES string of the molecule is C=C(C)C(=O)OCCCc1cc(-c2ccc(Cl)cc2)c(O)c(C(C)(C)C)c1. The molecule has 144 valence electrons. The third kappa shape index (κ3) is 5.61. The van der Waals surface area contributed by atoms with Crippen molar-refractivity contribution in [3.63, 3.8) is 0 Å². The number of aromatic hydroxyl groups is 1. The molecule has 3 nitrogen and oxygen atoms in total. The number of halogens is 1. The smallest absolute Gasteiger partial charge is 0.333 e. The van der Waals surface area contributed by atoms with Gasteiger partial charge >= 0.3 is 5.97 Å². The van der Waals surface area contributed by atoms with Gasteiger partial charge in [0, 0.05) is 21.7 Å². The maximum absolute atomic E-state index is 11.5. The van der Waals surface area contributed by atoms with E-state index in [2.05, 4.69) is 27.4 Å². The molecule has 0 saturated heterocycles. The number of benzene rings is 2. The highest BCUT2D eigenvalue weighted by atomic mass is 35.5. The van der Waals surface area contributed by atoms with Crippen molar-refractivity contribution in [3.05, 3.63) is 64.7 Å². The Labute approximate surface area is 166 Å². The molecule has 0 bridgehead atoms. The molecule has 2 aromatic carbocycles. The normalized spacial score (nSPS) is 11.3. The molecule has 0 spiro atoms. The molecule has 2 aromatic rings. The van der Waals surface area contributed by atoms with Crippen molar-refractivity contribution in [3.8, 4) is 16.9 Å². The summed E-state index contributed by atoms with van der Waals surface area (Å²) in [6, 6.07) is 11.5. The van der Waals surface area contributed by atoms with Gasteiger partial charge in [0.25, 0.3) is 0 Å². The fourth-order valence-electron chi connectivity index (χ4n) is 2.82. The predicted octanol–water partition coefficient (Wildman–Crippen LogP) is 6.06. The summed E-state index contributed by atoms with van der Waals surface area (Å²) in [6.45, 7) is 11.8. The molecule has 1 N–H and O–H groups in total. The van der Waals surface area contributed by atoms with E-state index in [1.807, 2.05) is 36.4 Å². The largest absolute Gasteiger partial charge is 0.507 e. The Bertz CT molecular complexity index is 830. The molecular weight excluding hydrogens is 360 g/mol. The van der Waals surface area contributed by atoms with Gasteiger partial charge in [-0.05, 0) is 54.5 Å². The number of esters is 1. The van der Waals surface area contributed by atoms with Gasteiger partial charge < -0.3 is 9.84 Å². The van der Waals surface area contributed by atoms with E-state index in [4.69, 9.17) is 16.3 Å². The molecule has 0 radical (unpaired) electrons. The highest BCUT2D eigenvalue weighted by molar-refractivity contribution is 6.30. The summed E-state index contributed by atoms with van der Waals surface area (Å²) in [6.07, 6.45) is 1.45. The lowest BCUT2D eigenvalue weighted by molar-refractivity contribution is -0.139. The van der Waals surface area contributed by atoms with Crippen LogP contribution in [0.4, 0.5) is 0 Å². The van der Waals surface area contributed by atoms with Crippen molar-refractivity contribution in [1.82, 2.24) is 0 Å². The van der Waals surface area contributed by atoms with Gasteiger partial charge in [-0.25, -0.2) is 4.79 Å². The van der Waals surface area contributed by atoms with Crippen LogP contribution < -0.4 is 0 Å². The van der Waals surface area contributed by atoms with Gasteiger partial charge in [0.05, 0.1) is 6.61 Å². The van der Waals surface area contributed by atoms with Gasteiger partial charge in [0.15, 0.2) is 0 Å². The van der Waals surface area contributed by atoms with E-state index in [1.54, 1.807) is 6.92 Å². The van der Waals surface area contributed by atoms with Crippen molar-refractivity contribution in [2.45, 2.75) is 46.0 Å². The summed E-state index contributed by atoms with van der Waals surface area (Å²) in [5.74, 6) is -0.0692. The first-order valence-electron chi connectivity index (χ1n) is 9.04. The van der Waals surface area contributed by atoms with E-state index in [1.165, 1.54) is 0 Å². The molecule has 0 atom stereocenters. The standard InChI is InChI=1S/C23H27ClO3/c1-15(2)22(26)27-12-6-7-16-13-19(17-8-10-18(24)11-9-17)21(25)20(14-16)23(3,4)5/h8-11,13-14,25H,1,6-7,12H2,2-5H3. The lowest BCUT2D eigenvalue weighted by atomic mass is 9.82. The average Bonchev–Trinajstić information content (AvgIpc) is 2.59. The maximum Gasteiger partial charge on any atom is 0.333 e. The van der Waals surface area contributed by atoms with Crippen LogP contribution in [0.15, 0.2) is 48.6 Å². The van der Waals surface area contributed by atoms with Gasteiger partial charge in [-0.15, -0.1) is 0 Å². The third-order valence-electron chi connectivity index (χ3n) is 4.32. The number of carbonyl (C=O) groups excluding carboxylic acids is 1. The Hall–Kier alpha value is -2.26. The Morgan fingerprint density at radius 2 is 1.81 bits per heavy atom. The second-order valence-corrected chi connectivity index (χ2v) is 8.25. The number of ether oxygens (including phenoxy) is 1. The van der Waals surface area contributed by atoms with E-state index in [-0.39, 0.29) is 11.4 Å². The average molecular weight is 387 g/mol. The molecule has 0 aliphatic carbocycles. The summed E-state index contributed by atoms with van der Waals surface area (Å²) in [4.78, 5) is 11.5. The first-order valence-corrected chi connectivity index (χ1v) is 9.42.